The van der Waals surface area contributed by atoms with Crippen molar-refractivity contribution in [2.75, 3.05) is 13.1 Å². The number of nitrogens with two attached hydrogens (primary N) is 1. The fraction of sp³-hybridized carbons (Fsp3) is 0.800. The molecule has 0 saturated carbocycles. The van der Waals surface area contributed by atoms with Crippen LogP contribution in [0.15, 0.2) is 0 Å². The molecule has 0 bridgehead atoms. The lowest BCUT2D eigenvalue weighted by Crippen LogP contribution is -2.38. The van der Waals surface area contributed by atoms with Gasteiger partial charge in [-0.05, 0) is 6.42 Å². The van der Waals surface area contributed by atoms with E-state index in [1.807, 2.05) is 6.92 Å². The quantitative estimate of drug-likeness (QED) is 0.566. The summed E-state index contributed by atoms with van der Waals surface area (Å²) in [5, 5.41) is 11.4. The zero-order valence-electron chi connectivity index (χ0n) is 9.32. The van der Waals surface area contributed by atoms with Crippen LogP contribution in [0.3, 0.4) is 0 Å². The van der Waals surface area contributed by atoms with Crippen molar-refractivity contribution in [2.45, 2.75) is 26.7 Å². The van der Waals surface area contributed by atoms with Crippen molar-refractivity contribution in [1.29, 1.82) is 0 Å². The van der Waals surface area contributed by atoms with Gasteiger partial charge in [0.2, 0.25) is 5.91 Å². The van der Waals surface area contributed by atoms with Gasteiger partial charge in [0, 0.05) is 19.0 Å². The molecule has 0 aliphatic rings. The van der Waals surface area contributed by atoms with E-state index in [0.29, 0.717) is 6.42 Å². The van der Waals surface area contributed by atoms with Gasteiger partial charge in [-0.15, -0.1) is 0 Å². The number of carbonyl (C=O) groups excluding carboxylic acids is 1. The van der Waals surface area contributed by atoms with Crippen LogP contribution in [-0.4, -0.2) is 30.1 Å². The van der Waals surface area contributed by atoms with Gasteiger partial charge in [-0.25, -0.2) is 0 Å². The van der Waals surface area contributed by atoms with Gasteiger partial charge in [0.15, 0.2) is 0 Å². The number of rotatable bonds is 7. The molecule has 0 radical (unpaired) electrons. The lowest BCUT2D eigenvalue weighted by atomic mass is 10.0. The second-order valence-electron chi connectivity index (χ2n) is 3.71. The molecule has 1 amide bonds. The van der Waals surface area contributed by atoms with Gasteiger partial charge < -0.3 is 16.2 Å². The minimum absolute atomic E-state index is 0.181. The van der Waals surface area contributed by atoms with Crippen molar-refractivity contribution in [3.8, 4) is 0 Å². The van der Waals surface area contributed by atoms with E-state index in [9.17, 15) is 9.59 Å². The molecule has 0 spiro atoms. The monoisotopic (exact) mass is 216 g/mol. The SMILES string of the molecule is CCCC(CNC(=O)C(C)CN)C(=O)O. The van der Waals surface area contributed by atoms with Gasteiger partial charge in [0.05, 0.1) is 5.92 Å². The van der Waals surface area contributed by atoms with Crippen LogP contribution >= 0.6 is 0 Å². The number of nitrogens with one attached hydrogen (secondary N) is 1. The largest absolute Gasteiger partial charge is 0.481 e. The minimum Gasteiger partial charge on any atom is -0.481 e. The average molecular weight is 216 g/mol. The number of hydrogen-bond acceptors (Lipinski definition) is 3. The molecule has 15 heavy (non-hydrogen) atoms. The molecule has 2 atom stereocenters. The van der Waals surface area contributed by atoms with Crippen LogP contribution in [0.2, 0.25) is 0 Å². The van der Waals surface area contributed by atoms with E-state index in [2.05, 4.69) is 5.32 Å². The van der Waals surface area contributed by atoms with Crippen LogP contribution in [0.25, 0.3) is 0 Å². The van der Waals surface area contributed by atoms with Crippen LogP contribution in [0.4, 0.5) is 0 Å². The van der Waals surface area contributed by atoms with Crippen LogP contribution in [0, 0.1) is 11.8 Å². The fourth-order valence-electron chi connectivity index (χ4n) is 1.17. The number of carbonyl (C=O) groups is 2. The maximum Gasteiger partial charge on any atom is 0.308 e. The highest BCUT2D eigenvalue weighted by Crippen LogP contribution is 2.05. The predicted octanol–water partition coefficient (Wildman–Crippen LogP) is 0.198. The lowest BCUT2D eigenvalue weighted by molar-refractivity contribution is -0.142. The summed E-state index contributed by atoms with van der Waals surface area (Å²) in [6, 6.07) is 0. The zero-order chi connectivity index (χ0) is 11.8. The van der Waals surface area contributed by atoms with Crippen LogP contribution in [0.1, 0.15) is 26.7 Å². The number of carboxylic acids is 1. The third-order valence-corrected chi connectivity index (χ3v) is 2.31. The predicted molar refractivity (Wildman–Crippen MR) is 57.3 cm³/mol. The van der Waals surface area contributed by atoms with E-state index >= 15 is 0 Å². The second-order valence-corrected chi connectivity index (χ2v) is 3.71. The van der Waals surface area contributed by atoms with Gasteiger partial charge in [-0.1, -0.05) is 20.3 Å². The van der Waals surface area contributed by atoms with Crippen LogP contribution in [0.5, 0.6) is 0 Å². The molecule has 0 heterocycles. The zero-order valence-corrected chi connectivity index (χ0v) is 9.32. The Morgan fingerprint density at radius 2 is 2.07 bits per heavy atom. The molecular weight excluding hydrogens is 196 g/mol. The molecule has 5 nitrogen and oxygen atoms in total. The van der Waals surface area contributed by atoms with E-state index in [4.69, 9.17) is 10.8 Å². The van der Waals surface area contributed by atoms with Gasteiger partial charge in [0.25, 0.3) is 0 Å². The Labute approximate surface area is 90.0 Å². The van der Waals surface area contributed by atoms with Gasteiger partial charge in [0.1, 0.15) is 0 Å². The maximum absolute atomic E-state index is 11.3. The molecule has 0 saturated heterocycles. The summed E-state index contributed by atoms with van der Waals surface area (Å²) >= 11 is 0. The first-order chi connectivity index (χ1) is 7.02. The first-order valence-corrected chi connectivity index (χ1v) is 5.23. The normalized spacial score (nSPS) is 14.3. The summed E-state index contributed by atoms with van der Waals surface area (Å²) in [7, 11) is 0. The van der Waals surface area contributed by atoms with Crippen molar-refractivity contribution in [3.63, 3.8) is 0 Å². The third kappa shape index (κ3) is 5.37. The Kier molecular flexibility index (Phi) is 6.70. The Morgan fingerprint density at radius 1 is 1.47 bits per heavy atom. The second kappa shape index (κ2) is 7.23. The van der Waals surface area contributed by atoms with Crippen molar-refractivity contribution in [1.82, 2.24) is 5.32 Å². The van der Waals surface area contributed by atoms with E-state index < -0.39 is 11.9 Å². The van der Waals surface area contributed by atoms with E-state index in [1.54, 1.807) is 6.92 Å². The Morgan fingerprint density at radius 3 is 2.47 bits per heavy atom. The molecule has 88 valence electrons. The highest BCUT2D eigenvalue weighted by atomic mass is 16.4. The molecule has 0 aromatic heterocycles. The van der Waals surface area contributed by atoms with Crippen LogP contribution in [-0.2, 0) is 9.59 Å². The molecular formula is C10H20N2O3. The molecule has 4 N–H and O–H groups in total. The van der Waals surface area contributed by atoms with E-state index in [-0.39, 0.29) is 24.9 Å². The van der Waals surface area contributed by atoms with Gasteiger partial charge in [-0.2, -0.15) is 0 Å². The molecule has 0 aliphatic heterocycles. The standard InChI is InChI=1S/C10H20N2O3/c1-3-4-8(10(14)15)6-12-9(13)7(2)5-11/h7-8H,3-6,11H2,1-2H3,(H,12,13)(H,14,15). The van der Waals surface area contributed by atoms with Crippen molar-refractivity contribution >= 4 is 11.9 Å². The highest BCUT2D eigenvalue weighted by molar-refractivity contribution is 5.79. The Hall–Kier alpha value is -1.10. The van der Waals surface area contributed by atoms with Gasteiger partial charge >= 0.3 is 5.97 Å². The summed E-state index contributed by atoms with van der Waals surface area (Å²) in [6.07, 6.45) is 1.37. The molecule has 0 aromatic carbocycles. The molecule has 0 fully saturated rings. The van der Waals surface area contributed by atoms with Crippen molar-refractivity contribution in [2.24, 2.45) is 17.6 Å². The summed E-state index contributed by atoms with van der Waals surface area (Å²) < 4.78 is 0. The van der Waals surface area contributed by atoms with Crippen LogP contribution < -0.4 is 11.1 Å². The Balaban J connectivity index is 3.99. The first kappa shape index (κ1) is 13.9. The maximum atomic E-state index is 11.3. The molecule has 0 aliphatic carbocycles. The number of carboxylic acid groups (broad SMARTS) is 1. The molecule has 0 aromatic rings. The van der Waals surface area contributed by atoms with Crippen molar-refractivity contribution < 1.29 is 14.7 Å². The summed E-state index contributed by atoms with van der Waals surface area (Å²) in [5.74, 6) is -1.80. The molecule has 0 rings (SSSR count). The highest BCUT2D eigenvalue weighted by Gasteiger charge is 2.18. The summed E-state index contributed by atoms with van der Waals surface area (Å²) in [6.45, 7) is 4.09. The van der Waals surface area contributed by atoms with Crippen molar-refractivity contribution in [3.05, 3.63) is 0 Å². The average Bonchev–Trinajstić information content (AvgIpc) is 2.21. The first-order valence-electron chi connectivity index (χ1n) is 5.23. The van der Waals surface area contributed by atoms with E-state index in [1.165, 1.54) is 0 Å². The number of aliphatic carboxylic acids is 1. The van der Waals surface area contributed by atoms with E-state index in [0.717, 1.165) is 6.42 Å². The Bertz CT molecular complexity index is 219. The minimum atomic E-state index is -0.863. The third-order valence-electron chi connectivity index (χ3n) is 2.31. The number of amides is 1. The summed E-state index contributed by atoms with van der Waals surface area (Å²) in [5.41, 5.74) is 5.32. The molecule has 2 unspecified atom stereocenters. The summed E-state index contributed by atoms with van der Waals surface area (Å²) in [4.78, 5) is 22.1. The smallest absolute Gasteiger partial charge is 0.308 e. The molecule has 5 heteroatoms. The topological polar surface area (TPSA) is 92.4 Å². The lowest BCUT2D eigenvalue weighted by Gasteiger charge is -2.14. The fourth-order valence-corrected chi connectivity index (χ4v) is 1.17. The number of hydrogen-bond donors (Lipinski definition) is 3. The van der Waals surface area contributed by atoms with Gasteiger partial charge in [-0.3, -0.25) is 9.59 Å².